The molecule has 154 valence electrons. The second kappa shape index (κ2) is 8.89. The normalized spacial score (nSPS) is 14.8. The number of ether oxygens (including phenoxy) is 1. The van der Waals surface area contributed by atoms with E-state index >= 15 is 0 Å². The molecule has 2 amide bonds. The zero-order chi connectivity index (χ0) is 21.8. The highest BCUT2D eigenvalue weighted by molar-refractivity contribution is 8.19. The number of thioether (sulfide) groups is 1. The fraction of sp³-hybridized carbons (Fsp3) is 0.0417. The number of carboxylic acid groups (broad SMARTS) is 1. The molecule has 0 aromatic heterocycles. The average molecular weight is 431 g/mol. The Labute approximate surface area is 182 Å². The molecular formula is C24H17NO5S. The number of hydrogen-bond donors (Lipinski definition) is 1. The van der Waals surface area contributed by atoms with Crippen LogP contribution in [-0.4, -0.2) is 22.2 Å². The van der Waals surface area contributed by atoms with Crippen LogP contribution in [0.15, 0.2) is 83.8 Å². The molecule has 1 N–H and O–H groups in total. The largest absolute Gasteiger partial charge is 0.489 e. The molecule has 1 saturated heterocycles. The summed E-state index contributed by atoms with van der Waals surface area (Å²) in [6.07, 6.45) is 1.68. The summed E-state index contributed by atoms with van der Waals surface area (Å²) in [5, 5.41) is 8.61. The number of nitrogens with zero attached hydrogens (tertiary/aromatic N) is 1. The van der Waals surface area contributed by atoms with Gasteiger partial charge >= 0.3 is 5.97 Å². The van der Waals surface area contributed by atoms with Gasteiger partial charge in [0.15, 0.2) is 0 Å². The monoisotopic (exact) mass is 431 g/mol. The predicted octanol–water partition coefficient (Wildman–Crippen LogP) is 5.20. The molecule has 0 bridgehead atoms. The van der Waals surface area contributed by atoms with Crippen molar-refractivity contribution >= 4 is 40.6 Å². The molecule has 4 rings (SSSR count). The third kappa shape index (κ3) is 4.67. The van der Waals surface area contributed by atoms with Crippen molar-refractivity contribution in [3.63, 3.8) is 0 Å². The predicted molar refractivity (Wildman–Crippen MR) is 119 cm³/mol. The van der Waals surface area contributed by atoms with Gasteiger partial charge in [-0.1, -0.05) is 42.5 Å². The first kappa shape index (κ1) is 20.4. The number of hydrogen-bond acceptors (Lipinski definition) is 5. The van der Waals surface area contributed by atoms with Crippen LogP contribution in [0.3, 0.4) is 0 Å². The Hall–Kier alpha value is -3.84. The Bertz CT molecular complexity index is 1150. The first-order valence-corrected chi connectivity index (χ1v) is 10.2. The Morgan fingerprint density at radius 2 is 1.61 bits per heavy atom. The molecule has 0 saturated carbocycles. The zero-order valence-electron chi connectivity index (χ0n) is 16.2. The molecular weight excluding hydrogens is 414 g/mol. The van der Waals surface area contributed by atoms with E-state index in [1.807, 2.05) is 6.07 Å². The van der Waals surface area contributed by atoms with E-state index in [2.05, 4.69) is 0 Å². The van der Waals surface area contributed by atoms with Crippen molar-refractivity contribution in [2.45, 2.75) is 6.61 Å². The van der Waals surface area contributed by atoms with Crippen LogP contribution in [0.2, 0.25) is 0 Å². The maximum atomic E-state index is 12.7. The van der Waals surface area contributed by atoms with E-state index < -0.39 is 5.97 Å². The summed E-state index contributed by atoms with van der Waals surface area (Å²) in [4.78, 5) is 37.4. The molecule has 1 aliphatic rings. The SMILES string of the molecule is O=C(O)c1ccc(COc2ccc(/C=C3\SC(=O)N(c4ccccc4)C3=O)cc2)cc1. The van der Waals surface area contributed by atoms with Crippen LogP contribution >= 0.6 is 11.8 Å². The van der Waals surface area contributed by atoms with E-state index in [-0.39, 0.29) is 16.7 Å². The maximum absolute atomic E-state index is 12.7. The summed E-state index contributed by atoms with van der Waals surface area (Å²) in [5.41, 5.74) is 2.40. The molecule has 0 atom stereocenters. The number of carbonyl (C=O) groups excluding carboxylic acids is 2. The highest BCUT2D eigenvalue weighted by atomic mass is 32.2. The smallest absolute Gasteiger partial charge is 0.335 e. The topological polar surface area (TPSA) is 83.9 Å². The average Bonchev–Trinajstić information content (AvgIpc) is 3.07. The second-order valence-corrected chi connectivity index (χ2v) is 7.71. The molecule has 3 aromatic carbocycles. The van der Waals surface area contributed by atoms with Crippen molar-refractivity contribution in [3.8, 4) is 5.75 Å². The number of aromatic carboxylic acids is 1. The number of carboxylic acids is 1. The number of anilines is 1. The van der Waals surface area contributed by atoms with Crippen molar-refractivity contribution in [2.24, 2.45) is 0 Å². The first-order chi connectivity index (χ1) is 15.0. The Morgan fingerprint density at radius 3 is 2.26 bits per heavy atom. The Morgan fingerprint density at radius 1 is 0.935 bits per heavy atom. The third-order valence-corrected chi connectivity index (χ3v) is 5.46. The van der Waals surface area contributed by atoms with Crippen molar-refractivity contribution in [1.82, 2.24) is 0 Å². The van der Waals surface area contributed by atoms with Gasteiger partial charge < -0.3 is 9.84 Å². The molecule has 1 fully saturated rings. The molecule has 0 spiro atoms. The lowest BCUT2D eigenvalue weighted by molar-refractivity contribution is -0.113. The van der Waals surface area contributed by atoms with Gasteiger partial charge in [0.25, 0.3) is 11.1 Å². The molecule has 0 unspecified atom stereocenters. The van der Waals surface area contributed by atoms with Crippen molar-refractivity contribution in [1.29, 1.82) is 0 Å². The van der Waals surface area contributed by atoms with Gasteiger partial charge in [-0.25, -0.2) is 9.69 Å². The van der Waals surface area contributed by atoms with Crippen LogP contribution in [0.4, 0.5) is 10.5 Å². The molecule has 31 heavy (non-hydrogen) atoms. The van der Waals surface area contributed by atoms with E-state index in [0.29, 0.717) is 22.9 Å². The molecule has 0 aliphatic carbocycles. The second-order valence-electron chi connectivity index (χ2n) is 6.71. The van der Waals surface area contributed by atoms with Crippen LogP contribution in [0.25, 0.3) is 6.08 Å². The van der Waals surface area contributed by atoms with Crippen LogP contribution in [0, 0.1) is 0 Å². The van der Waals surface area contributed by atoms with E-state index in [0.717, 1.165) is 22.9 Å². The molecule has 1 aliphatic heterocycles. The van der Waals surface area contributed by atoms with Gasteiger partial charge in [-0.15, -0.1) is 0 Å². The lowest BCUT2D eigenvalue weighted by Crippen LogP contribution is -2.27. The van der Waals surface area contributed by atoms with Gasteiger partial charge in [0.2, 0.25) is 0 Å². The van der Waals surface area contributed by atoms with E-state index in [1.165, 1.54) is 17.0 Å². The number of carbonyl (C=O) groups is 3. The van der Waals surface area contributed by atoms with Crippen LogP contribution in [0.1, 0.15) is 21.5 Å². The third-order valence-electron chi connectivity index (χ3n) is 4.59. The van der Waals surface area contributed by atoms with Gasteiger partial charge in [0.1, 0.15) is 12.4 Å². The van der Waals surface area contributed by atoms with Crippen molar-refractivity contribution in [2.75, 3.05) is 4.90 Å². The lowest BCUT2D eigenvalue weighted by Gasteiger charge is -2.11. The minimum atomic E-state index is -0.968. The number of para-hydroxylation sites is 1. The van der Waals surface area contributed by atoms with Gasteiger partial charge in [0, 0.05) is 0 Å². The lowest BCUT2D eigenvalue weighted by atomic mass is 10.1. The fourth-order valence-electron chi connectivity index (χ4n) is 2.99. The van der Waals surface area contributed by atoms with Crippen LogP contribution < -0.4 is 9.64 Å². The highest BCUT2D eigenvalue weighted by Gasteiger charge is 2.36. The van der Waals surface area contributed by atoms with Crippen molar-refractivity contribution in [3.05, 3.63) is 100 Å². The summed E-state index contributed by atoms with van der Waals surface area (Å²) < 4.78 is 5.73. The van der Waals surface area contributed by atoms with Gasteiger partial charge in [-0.05, 0) is 65.4 Å². The minimum Gasteiger partial charge on any atom is -0.489 e. The summed E-state index contributed by atoms with van der Waals surface area (Å²) in [5.74, 6) is -0.673. The quantitative estimate of drug-likeness (QED) is 0.540. The molecule has 1 heterocycles. The number of imide groups is 1. The zero-order valence-corrected chi connectivity index (χ0v) is 17.0. The standard InChI is InChI=1S/C24H17NO5S/c26-22-21(31-24(29)25(22)19-4-2-1-3-5-19)14-16-8-12-20(13-9-16)30-15-17-6-10-18(11-7-17)23(27)28/h1-14H,15H2,(H,27,28)/b21-14-. The summed E-state index contributed by atoms with van der Waals surface area (Å²) in [7, 11) is 0. The fourth-order valence-corrected chi connectivity index (χ4v) is 3.83. The highest BCUT2D eigenvalue weighted by Crippen LogP contribution is 2.35. The number of amides is 2. The van der Waals surface area contributed by atoms with E-state index in [4.69, 9.17) is 9.84 Å². The summed E-state index contributed by atoms with van der Waals surface area (Å²) >= 11 is 0.912. The minimum absolute atomic E-state index is 0.227. The van der Waals surface area contributed by atoms with Crippen LogP contribution in [0.5, 0.6) is 5.75 Å². The van der Waals surface area contributed by atoms with Gasteiger partial charge in [-0.2, -0.15) is 0 Å². The summed E-state index contributed by atoms with van der Waals surface area (Å²) in [6.45, 7) is 0.301. The summed E-state index contributed by atoms with van der Waals surface area (Å²) in [6, 6.07) is 22.5. The van der Waals surface area contributed by atoms with E-state index in [9.17, 15) is 14.4 Å². The Balaban J connectivity index is 1.41. The van der Waals surface area contributed by atoms with Crippen LogP contribution in [-0.2, 0) is 11.4 Å². The van der Waals surface area contributed by atoms with Crippen molar-refractivity contribution < 1.29 is 24.2 Å². The maximum Gasteiger partial charge on any atom is 0.335 e. The number of rotatable bonds is 6. The Kier molecular flexibility index (Phi) is 5.86. The molecule has 7 heteroatoms. The van der Waals surface area contributed by atoms with Gasteiger partial charge in [-0.3, -0.25) is 9.59 Å². The molecule has 0 radical (unpaired) electrons. The number of benzene rings is 3. The molecule has 6 nitrogen and oxygen atoms in total. The van der Waals surface area contributed by atoms with E-state index in [1.54, 1.807) is 66.7 Å². The van der Waals surface area contributed by atoms with Gasteiger partial charge in [0.05, 0.1) is 16.2 Å². The molecule has 3 aromatic rings. The first-order valence-electron chi connectivity index (χ1n) is 9.39.